The molecule has 1 amide bonds. The Morgan fingerprint density at radius 2 is 1.97 bits per heavy atom. The van der Waals surface area contributed by atoms with Gasteiger partial charge in [-0.25, -0.2) is 4.98 Å². The van der Waals surface area contributed by atoms with Gasteiger partial charge in [-0.3, -0.25) is 4.79 Å². The summed E-state index contributed by atoms with van der Waals surface area (Å²) in [4.78, 5) is 19.5. The average molecular weight is 421 g/mol. The quantitative estimate of drug-likeness (QED) is 0.810. The summed E-state index contributed by atoms with van der Waals surface area (Å²) in [6.45, 7) is -0.656. The van der Waals surface area contributed by atoms with Crippen LogP contribution in [0.25, 0.3) is 11.0 Å². The number of carbonyl (C=O) groups excluding carboxylic acids is 1. The molecule has 3 fully saturated rings. The van der Waals surface area contributed by atoms with Gasteiger partial charge >= 0.3 is 6.18 Å². The molecule has 5 rings (SSSR count). The average Bonchev–Trinajstić information content (AvgIpc) is 3.50. The lowest BCUT2D eigenvalue weighted by Gasteiger charge is -2.52. The monoisotopic (exact) mass is 421 g/mol. The van der Waals surface area contributed by atoms with E-state index in [9.17, 15) is 23.1 Å². The zero-order valence-electron chi connectivity index (χ0n) is 16.7. The van der Waals surface area contributed by atoms with Crippen molar-refractivity contribution in [1.82, 2.24) is 14.5 Å². The molecule has 8 heteroatoms. The molecule has 1 aromatic heterocycles. The van der Waals surface area contributed by atoms with Gasteiger partial charge < -0.3 is 14.6 Å². The Balaban J connectivity index is 1.46. The number of alkyl halides is 3. The molecule has 2 aliphatic carbocycles. The Labute approximate surface area is 172 Å². The van der Waals surface area contributed by atoms with Gasteiger partial charge in [0.25, 0.3) is 5.91 Å². The number of hydrogen-bond donors (Lipinski definition) is 1. The first kappa shape index (κ1) is 19.8. The summed E-state index contributed by atoms with van der Waals surface area (Å²) >= 11 is 0. The standard InChI is InChI=1S/C22H26F3N3O2/c23-22(24,25)12-27-13-26-19-15(4-3-7-18(19)27)20(29)28-11-10-21(30,14-8-9-14)16-5-1-2-6-17(16)28/h3-4,7,13-14,16-17,30H,1-2,5-6,8-12H2/t16-,17+,21?/m0/s1. The Morgan fingerprint density at radius 1 is 1.20 bits per heavy atom. The fraction of sp³-hybridized carbons (Fsp3) is 0.636. The summed E-state index contributed by atoms with van der Waals surface area (Å²) < 4.78 is 39.7. The summed E-state index contributed by atoms with van der Waals surface area (Å²) in [6.07, 6.45) is 3.36. The number of halogens is 3. The minimum absolute atomic E-state index is 0.0156. The van der Waals surface area contributed by atoms with Gasteiger partial charge in [0.15, 0.2) is 0 Å². The maximum atomic E-state index is 13.5. The molecule has 0 radical (unpaired) electrons. The van der Waals surface area contributed by atoms with Crippen molar-refractivity contribution < 1.29 is 23.1 Å². The number of hydrogen-bond acceptors (Lipinski definition) is 3. The van der Waals surface area contributed by atoms with Crippen LogP contribution < -0.4 is 0 Å². The van der Waals surface area contributed by atoms with E-state index in [0.717, 1.165) is 49.4 Å². The van der Waals surface area contributed by atoms with Crippen LogP contribution in [0.15, 0.2) is 24.5 Å². The van der Waals surface area contributed by atoms with E-state index >= 15 is 0 Å². The summed E-state index contributed by atoms with van der Waals surface area (Å²) in [7, 11) is 0. The molecule has 1 N–H and O–H groups in total. The molecular formula is C22H26F3N3O2. The third kappa shape index (κ3) is 3.29. The SMILES string of the molecule is O=C(c1cccc2c1ncn2CC(F)(F)F)N1CCC(O)(C2CC2)[C@H]2CCCC[C@H]21. The van der Waals surface area contributed by atoms with Crippen molar-refractivity contribution in [3.63, 3.8) is 0 Å². The van der Waals surface area contributed by atoms with E-state index in [0.29, 0.717) is 35.5 Å². The van der Waals surface area contributed by atoms with E-state index in [1.807, 2.05) is 4.90 Å². The number of nitrogens with zero attached hydrogens (tertiary/aromatic N) is 3. The Bertz CT molecular complexity index is 968. The third-order valence-corrected chi connectivity index (χ3v) is 7.30. The van der Waals surface area contributed by atoms with E-state index in [1.165, 1.54) is 0 Å². The predicted octanol–water partition coefficient (Wildman–Crippen LogP) is 4.14. The van der Waals surface area contributed by atoms with E-state index in [-0.39, 0.29) is 17.9 Å². The highest BCUT2D eigenvalue weighted by molar-refractivity contribution is 6.05. The summed E-state index contributed by atoms with van der Waals surface area (Å²) in [5, 5.41) is 11.4. The number of benzene rings is 1. The highest BCUT2D eigenvalue weighted by Crippen LogP contribution is 2.52. The lowest BCUT2D eigenvalue weighted by atomic mass is 9.67. The Kier molecular flexibility index (Phi) is 4.61. The topological polar surface area (TPSA) is 58.4 Å². The van der Waals surface area contributed by atoms with Gasteiger partial charge in [-0.2, -0.15) is 13.2 Å². The molecule has 5 nitrogen and oxygen atoms in total. The molecule has 1 unspecified atom stereocenters. The second kappa shape index (κ2) is 6.97. The van der Waals surface area contributed by atoms with Crippen molar-refractivity contribution in [3.05, 3.63) is 30.1 Å². The van der Waals surface area contributed by atoms with Crippen molar-refractivity contribution in [2.75, 3.05) is 6.54 Å². The number of rotatable bonds is 3. The summed E-state index contributed by atoms with van der Waals surface area (Å²) in [5.41, 5.74) is 0.281. The smallest absolute Gasteiger partial charge is 0.389 e. The lowest BCUT2D eigenvalue weighted by molar-refractivity contribution is -0.140. The first-order chi connectivity index (χ1) is 14.3. The predicted molar refractivity (Wildman–Crippen MR) is 105 cm³/mol. The fourth-order valence-electron chi connectivity index (χ4n) is 5.80. The third-order valence-electron chi connectivity index (χ3n) is 7.30. The van der Waals surface area contributed by atoms with E-state index in [4.69, 9.17) is 0 Å². The maximum Gasteiger partial charge on any atom is 0.406 e. The van der Waals surface area contributed by atoms with Crippen molar-refractivity contribution in [2.45, 2.75) is 69.3 Å². The molecule has 2 aromatic rings. The van der Waals surface area contributed by atoms with Gasteiger partial charge in [-0.05, 0) is 50.2 Å². The van der Waals surface area contributed by atoms with Crippen LogP contribution in [0.4, 0.5) is 13.2 Å². The molecule has 30 heavy (non-hydrogen) atoms. The van der Waals surface area contributed by atoms with Gasteiger partial charge in [0.2, 0.25) is 0 Å². The molecule has 2 heterocycles. The molecule has 1 aliphatic heterocycles. The summed E-state index contributed by atoms with van der Waals surface area (Å²) in [5.74, 6) is 0.243. The minimum atomic E-state index is -4.36. The number of aromatic nitrogens is 2. The van der Waals surface area contributed by atoms with Crippen LogP contribution in [0.2, 0.25) is 0 Å². The fourth-order valence-corrected chi connectivity index (χ4v) is 5.80. The van der Waals surface area contributed by atoms with Gasteiger partial charge in [-0.15, -0.1) is 0 Å². The number of likely N-dealkylation sites (tertiary alicyclic amines) is 1. The molecule has 1 saturated heterocycles. The normalized spacial score (nSPS) is 29.8. The number of carbonyl (C=O) groups is 1. The van der Waals surface area contributed by atoms with Gasteiger partial charge in [-0.1, -0.05) is 18.9 Å². The number of piperidine rings is 1. The number of aliphatic hydroxyl groups is 1. The molecule has 2 saturated carbocycles. The second-order valence-corrected chi connectivity index (χ2v) is 9.13. The van der Waals surface area contributed by atoms with Crippen LogP contribution in [-0.4, -0.2) is 49.8 Å². The van der Waals surface area contributed by atoms with Crippen molar-refractivity contribution in [1.29, 1.82) is 0 Å². The molecule has 0 spiro atoms. The van der Waals surface area contributed by atoms with Crippen molar-refractivity contribution in [2.24, 2.45) is 11.8 Å². The Hall–Kier alpha value is -2.09. The van der Waals surface area contributed by atoms with Gasteiger partial charge in [0.1, 0.15) is 12.1 Å². The van der Waals surface area contributed by atoms with Crippen LogP contribution in [-0.2, 0) is 6.54 Å². The molecule has 3 atom stereocenters. The number of para-hydroxylation sites is 1. The van der Waals surface area contributed by atoms with Crippen LogP contribution in [0, 0.1) is 11.8 Å². The molecule has 3 aliphatic rings. The highest BCUT2D eigenvalue weighted by atomic mass is 19.4. The number of fused-ring (bicyclic) bond motifs is 2. The molecule has 1 aromatic carbocycles. The minimum Gasteiger partial charge on any atom is -0.389 e. The zero-order valence-corrected chi connectivity index (χ0v) is 16.7. The molecular weight excluding hydrogens is 395 g/mol. The zero-order chi connectivity index (χ0) is 21.1. The largest absolute Gasteiger partial charge is 0.406 e. The number of imidazole rings is 1. The van der Waals surface area contributed by atoms with Crippen LogP contribution >= 0.6 is 0 Å². The lowest BCUT2D eigenvalue weighted by Crippen LogP contribution is -2.61. The highest BCUT2D eigenvalue weighted by Gasteiger charge is 2.56. The van der Waals surface area contributed by atoms with E-state index < -0.39 is 18.3 Å². The van der Waals surface area contributed by atoms with E-state index in [1.54, 1.807) is 18.2 Å². The van der Waals surface area contributed by atoms with E-state index in [2.05, 4.69) is 4.98 Å². The maximum absolute atomic E-state index is 13.5. The van der Waals surface area contributed by atoms with Crippen LogP contribution in [0.5, 0.6) is 0 Å². The first-order valence-electron chi connectivity index (χ1n) is 10.8. The molecule has 162 valence electrons. The molecule has 0 bridgehead atoms. The number of amides is 1. The Morgan fingerprint density at radius 3 is 2.70 bits per heavy atom. The van der Waals surface area contributed by atoms with Crippen LogP contribution in [0.3, 0.4) is 0 Å². The van der Waals surface area contributed by atoms with Gasteiger partial charge in [0.05, 0.1) is 23.0 Å². The first-order valence-corrected chi connectivity index (χ1v) is 10.8. The van der Waals surface area contributed by atoms with Crippen LogP contribution in [0.1, 0.15) is 55.3 Å². The second-order valence-electron chi connectivity index (χ2n) is 9.13. The van der Waals surface area contributed by atoms with Crippen molar-refractivity contribution >= 4 is 16.9 Å². The summed E-state index contributed by atoms with van der Waals surface area (Å²) in [6, 6.07) is 4.82. The van der Waals surface area contributed by atoms with Gasteiger partial charge in [0, 0.05) is 18.5 Å². The van der Waals surface area contributed by atoms with Crippen molar-refractivity contribution in [3.8, 4) is 0 Å².